The number of ether oxygens (including phenoxy) is 1. The molecular formula is C16H18N4O. The number of aryl methyl sites for hydroxylation is 1. The zero-order chi connectivity index (χ0) is 14.6. The number of fused-ring (bicyclic) bond motifs is 1. The minimum Gasteiger partial charge on any atom is -0.460 e. The van der Waals surface area contributed by atoms with Gasteiger partial charge in [0.05, 0.1) is 6.20 Å². The third kappa shape index (κ3) is 1.77. The van der Waals surface area contributed by atoms with Crippen LogP contribution in [-0.4, -0.2) is 27.4 Å². The Kier molecular flexibility index (Phi) is 2.43. The van der Waals surface area contributed by atoms with Crippen LogP contribution in [0.5, 0.6) is 0 Å². The Morgan fingerprint density at radius 2 is 2.24 bits per heavy atom. The number of nitrogens with zero attached hydrogens (tertiary/aromatic N) is 3. The van der Waals surface area contributed by atoms with Crippen molar-refractivity contribution in [1.82, 2.24) is 9.78 Å². The maximum Gasteiger partial charge on any atom is 0.282 e. The molecule has 21 heavy (non-hydrogen) atoms. The van der Waals surface area contributed by atoms with Gasteiger partial charge in [-0.2, -0.15) is 5.10 Å². The van der Waals surface area contributed by atoms with Gasteiger partial charge in [-0.15, -0.1) is 0 Å². The minimum absolute atomic E-state index is 0.0200. The summed E-state index contributed by atoms with van der Waals surface area (Å²) in [5, 5.41) is 4.28. The number of aliphatic imine (C=N–C) groups is 1. The molecule has 1 aliphatic heterocycles. The molecule has 2 heterocycles. The van der Waals surface area contributed by atoms with Gasteiger partial charge in [-0.3, -0.25) is 4.68 Å². The summed E-state index contributed by atoms with van der Waals surface area (Å²) in [5.41, 5.74) is 10.6. The Morgan fingerprint density at radius 3 is 2.90 bits per heavy atom. The minimum atomic E-state index is -0.231. The molecule has 0 unspecified atom stereocenters. The fraction of sp³-hybridized carbons (Fsp3) is 0.375. The van der Waals surface area contributed by atoms with Gasteiger partial charge in [-0.05, 0) is 23.6 Å². The van der Waals surface area contributed by atoms with Crippen LogP contribution in [0.2, 0.25) is 0 Å². The van der Waals surface area contributed by atoms with Crippen LogP contribution in [0.15, 0.2) is 35.6 Å². The first-order valence-electron chi connectivity index (χ1n) is 7.19. The van der Waals surface area contributed by atoms with Crippen LogP contribution in [0.25, 0.3) is 11.1 Å². The van der Waals surface area contributed by atoms with E-state index in [0.29, 0.717) is 6.02 Å². The highest BCUT2D eigenvalue weighted by Gasteiger charge is 2.48. The normalized spacial score (nSPS) is 26.8. The number of benzene rings is 1. The van der Waals surface area contributed by atoms with Crippen molar-refractivity contribution in [2.75, 3.05) is 0 Å². The SMILES string of the molecule is C[C@H]1OC(N)=N[C@@]12Cc1cccc(-c3cnn(C)c3)c1C2. The van der Waals surface area contributed by atoms with Gasteiger partial charge >= 0.3 is 0 Å². The standard InChI is InChI=1S/C16H18N4O/c1-10-16(19-15(17)21-10)6-11-4-3-5-13(14(11)7-16)12-8-18-20(2)9-12/h3-5,8-10H,6-7H2,1-2H3,(H2,17,19)/t10-,16-/m1/s1. The van der Waals surface area contributed by atoms with E-state index in [1.165, 1.54) is 16.7 Å². The van der Waals surface area contributed by atoms with Crippen molar-refractivity contribution < 1.29 is 4.74 Å². The third-order valence-electron chi connectivity index (χ3n) is 4.66. The van der Waals surface area contributed by atoms with E-state index in [1.807, 2.05) is 24.1 Å². The van der Waals surface area contributed by atoms with Crippen LogP contribution < -0.4 is 5.73 Å². The Hall–Kier alpha value is -2.30. The second-order valence-electron chi connectivity index (χ2n) is 6.01. The van der Waals surface area contributed by atoms with Crippen molar-refractivity contribution in [3.8, 4) is 11.1 Å². The molecule has 1 aromatic heterocycles. The molecule has 0 fully saturated rings. The highest BCUT2D eigenvalue weighted by atomic mass is 16.5. The van der Waals surface area contributed by atoms with E-state index in [0.717, 1.165) is 18.4 Å². The van der Waals surface area contributed by atoms with Crippen molar-refractivity contribution in [3.05, 3.63) is 41.7 Å². The zero-order valence-electron chi connectivity index (χ0n) is 12.2. The monoisotopic (exact) mass is 282 g/mol. The Balaban J connectivity index is 1.80. The van der Waals surface area contributed by atoms with Gasteiger partial charge < -0.3 is 10.5 Å². The molecule has 2 N–H and O–H groups in total. The summed E-state index contributed by atoms with van der Waals surface area (Å²) in [4.78, 5) is 4.61. The molecule has 108 valence electrons. The fourth-order valence-electron chi connectivity index (χ4n) is 3.53. The van der Waals surface area contributed by atoms with Gasteiger partial charge in [-0.25, -0.2) is 4.99 Å². The van der Waals surface area contributed by atoms with E-state index in [9.17, 15) is 0 Å². The van der Waals surface area contributed by atoms with Gasteiger partial charge in [0.2, 0.25) is 0 Å². The quantitative estimate of drug-likeness (QED) is 0.865. The number of hydrogen-bond donors (Lipinski definition) is 1. The van der Waals surface area contributed by atoms with E-state index in [-0.39, 0.29) is 11.6 Å². The highest BCUT2D eigenvalue weighted by molar-refractivity contribution is 5.76. The summed E-state index contributed by atoms with van der Waals surface area (Å²) in [5.74, 6) is 0. The molecule has 1 aromatic carbocycles. The van der Waals surface area contributed by atoms with E-state index < -0.39 is 0 Å². The Bertz CT molecular complexity index is 748. The van der Waals surface area contributed by atoms with E-state index in [4.69, 9.17) is 10.5 Å². The van der Waals surface area contributed by atoms with Crippen molar-refractivity contribution in [3.63, 3.8) is 0 Å². The number of rotatable bonds is 1. The molecule has 5 heteroatoms. The van der Waals surface area contributed by atoms with Crippen LogP contribution in [0.3, 0.4) is 0 Å². The molecule has 2 atom stereocenters. The van der Waals surface area contributed by atoms with Crippen LogP contribution in [-0.2, 0) is 24.6 Å². The lowest BCUT2D eigenvalue weighted by Crippen LogP contribution is -2.36. The van der Waals surface area contributed by atoms with Gasteiger partial charge in [0, 0.05) is 31.6 Å². The van der Waals surface area contributed by atoms with Crippen molar-refractivity contribution >= 4 is 6.02 Å². The molecule has 2 aromatic rings. The maximum atomic E-state index is 5.78. The highest BCUT2D eigenvalue weighted by Crippen LogP contribution is 2.43. The molecule has 5 nitrogen and oxygen atoms in total. The van der Waals surface area contributed by atoms with Gasteiger partial charge in [0.15, 0.2) is 0 Å². The second-order valence-corrected chi connectivity index (χ2v) is 6.01. The first kappa shape index (κ1) is 12.4. The van der Waals surface area contributed by atoms with E-state index in [2.05, 4.69) is 35.2 Å². The molecule has 2 aliphatic rings. The number of nitrogens with two attached hydrogens (primary N) is 1. The lowest BCUT2D eigenvalue weighted by molar-refractivity contribution is 0.157. The summed E-state index contributed by atoms with van der Waals surface area (Å²) in [7, 11) is 1.94. The molecule has 1 spiro atoms. The molecule has 4 rings (SSSR count). The molecule has 0 saturated heterocycles. The van der Waals surface area contributed by atoms with Crippen molar-refractivity contribution in [2.45, 2.75) is 31.4 Å². The second kappa shape index (κ2) is 4.10. The fourth-order valence-corrected chi connectivity index (χ4v) is 3.53. The predicted octanol–water partition coefficient (Wildman–Crippen LogP) is 1.66. The lowest BCUT2D eigenvalue weighted by Gasteiger charge is -2.23. The summed E-state index contributed by atoms with van der Waals surface area (Å²) in [6, 6.07) is 6.76. The average Bonchev–Trinajstić information content (AvgIpc) is 3.08. The Labute approximate surface area is 123 Å². The molecule has 0 amide bonds. The van der Waals surface area contributed by atoms with Crippen molar-refractivity contribution in [1.29, 1.82) is 0 Å². The summed E-state index contributed by atoms with van der Waals surface area (Å²) in [6.07, 6.45) is 5.74. The number of amidine groups is 1. The largest absolute Gasteiger partial charge is 0.460 e. The first-order valence-corrected chi connectivity index (χ1v) is 7.19. The van der Waals surface area contributed by atoms with Gasteiger partial charge in [0.1, 0.15) is 11.6 Å². The van der Waals surface area contributed by atoms with Crippen molar-refractivity contribution in [2.24, 2.45) is 17.8 Å². The Morgan fingerprint density at radius 1 is 1.38 bits per heavy atom. The molecule has 0 radical (unpaired) electrons. The summed E-state index contributed by atoms with van der Waals surface area (Å²) >= 11 is 0. The van der Waals surface area contributed by atoms with Gasteiger partial charge in [-0.1, -0.05) is 18.2 Å². The molecule has 0 saturated carbocycles. The smallest absolute Gasteiger partial charge is 0.282 e. The summed E-state index contributed by atoms with van der Waals surface area (Å²) < 4.78 is 7.42. The average molecular weight is 282 g/mol. The van der Waals surface area contributed by atoms with Crippen LogP contribution >= 0.6 is 0 Å². The zero-order valence-corrected chi connectivity index (χ0v) is 12.2. The first-order chi connectivity index (χ1) is 10.1. The lowest BCUT2D eigenvalue weighted by atomic mass is 9.90. The summed E-state index contributed by atoms with van der Waals surface area (Å²) in [6.45, 7) is 2.05. The van der Waals surface area contributed by atoms with Crippen LogP contribution in [0.1, 0.15) is 18.1 Å². The van der Waals surface area contributed by atoms with E-state index >= 15 is 0 Å². The van der Waals surface area contributed by atoms with Crippen LogP contribution in [0.4, 0.5) is 0 Å². The molecular weight excluding hydrogens is 264 g/mol. The molecule has 0 bridgehead atoms. The van der Waals surface area contributed by atoms with Gasteiger partial charge in [0.25, 0.3) is 6.02 Å². The topological polar surface area (TPSA) is 65.4 Å². The van der Waals surface area contributed by atoms with E-state index in [1.54, 1.807) is 0 Å². The third-order valence-corrected chi connectivity index (χ3v) is 4.66. The number of aromatic nitrogens is 2. The molecule has 1 aliphatic carbocycles. The maximum absolute atomic E-state index is 5.78. The number of hydrogen-bond acceptors (Lipinski definition) is 4. The van der Waals surface area contributed by atoms with Crippen LogP contribution in [0, 0.1) is 0 Å². The predicted molar refractivity (Wildman–Crippen MR) is 81.0 cm³/mol.